The SMILES string of the molecule is CCCCCCCCC1OC1CCCCCCCC. The van der Waals surface area contributed by atoms with Gasteiger partial charge in [0.05, 0.1) is 12.2 Å². The van der Waals surface area contributed by atoms with Crippen LogP contribution in [0, 0.1) is 0 Å². The lowest BCUT2D eigenvalue weighted by Crippen LogP contribution is -1.94. The molecule has 0 spiro atoms. The molecule has 0 aromatic carbocycles. The van der Waals surface area contributed by atoms with Gasteiger partial charge in [-0.15, -0.1) is 0 Å². The van der Waals surface area contributed by atoms with Crippen molar-refractivity contribution in [2.24, 2.45) is 0 Å². The number of hydrogen-bond donors (Lipinski definition) is 0. The van der Waals surface area contributed by atoms with Gasteiger partial charge in [0.15, 0.2) is 0 Å². The normalized spacial score (nSPS) is 21.8. The number of ether oxygens (including phenoxy) is 1. The highest BCUT2D eigenvalue weighted by Gasteiger charge is 2.36. The summed E-state index contributed by atoms with van der Waals surface area (Å²) in [6.45, 7) is 4.57. The van der Waals surface area contributed by atoms with Crippen molar-refractivity contribution in [3.05, 3.63) is 0 Å². The van der Waals surface area contributed by atoms with Gasteiger partial charge in [-0.25, -0.2) is 0 Å². The summed E-state index contributed by atoms with van der Waals surface area (Å²) in [5, 5.41) is 0. The predicted molar refractivity (Wildman–Crippen MR) is 84.6 cm³/mol. The summed E-state index contributed by atoms with van der Waals surface area (Å²) in [5.74, 6) is 0. The molecule has 0 aromatic heterocycles. The maximum absolute atomic E-state index is 5.77. The average Bonchev–Trinajstić information content (AvgIpc) is 3.16. The van der Waals surface area contributed by atoms with Gasteiger partial charge >= 0.3 is 0 Å². The van der Waals surface area contributed by atoms with E-state index in [1.54, 1.807) is 0 Å². The summed E-state index contributed by atoms with van der Waals surface area (Å²) >= 11 is 0. The molecule has 1 rings (SSSR count). The van der Waals surface area contributed by atoms with Gasteiger partial charge in [0, 0.05) is 0 Å². The highest BCUT2D eigenvalue weighted by molar-refractivity contribution is 4.84. The van der Waals surface area contributed by atoms with Gasteiger partial charge in [-0.1, -0.05) is 90.9 Å². The van der Waals surface area contributed by atoms with Crippen molar-refractivity contribution in [3.63, 3.8) is 0 Å². The molecule has 0 saturated carbocycles. The van der Waals surface area contributed by atoms with Crippen LogP contribution in [0.25, 0.3) is 0 Å². The standard InChI is InChI=1S/C18H36O/c1-3-5-7-9-11-13-15-17-18(19-17)16-14-12-10-8-6-4-2/h17-18H,3-16H2,1-2H3. The van der Waals surface area contributed by atoms with E-state index >= 15 is 0 Å². The Morgan fingerprint density at radius 1 is 0.526 bits per heavy atom. The minimum Gasteiger partial charge on any atom is -0.370 e. The van der Waals surface area contributed by atoms with Crippen LogP contribution < -0.4 is 0 Å². The molecule has 1 nitrogen and oxygen atoms in total. The van der Waals surface area contributed by atoms with Crippen LogP contribution in [-0.4, -0.2) is 12.2 Å². The lowest BCUT2D eigenvalue weighted by Gasteiger charge is -2.00. The Labute approximate surface area is 121 Å². The molecule has 1 heterocycles. The fourth-order valence-corrected chi connectivity index (χ4v) is 2.94. The number of hydrogen-bond acceptors (Lipinski definition) is 1. The van der Waals surface area contributed by atoms with Crippen LogP contribution >= 0.6 is 0 Å². The monoisotopic (exact) mass is 268 g/mol. The van der Waals surface area contributed by atoms with E-state index in [2.05, 4.69) is 13.8 Å². The van der Waals surface area contributed by atoms with E-state index in [4.69, 9.17) is 4.74 Å². The minimum atomic E-state index is 0.641. The van der Waals surface area contributed by atoms with Gasteiger partial charge in [-0.3, -0.25) is 0 Å². The summed E-state index contributed by atoms with van der Waals surface area (Å²) in [7, 11) is 0. The van der Waals surface area contributed by atoms with Crippen molar-refractivity contribution in [2.75, 3.05) is 0 Å². The second-order valence-corrected chi connectivity index (χ2v) is 6.33. The summed E-state index contributed by atoms with van der Waals surface area (Å²) in [6, 6.07) is 0. The van der Waals surface area contributed by atoms with Crippen molar-refractivity contribution in [1.82, 2.24) is 0 Å². The van der Waals surface area contributed by atoms with Crippen LogP contribution in [0.1, 0.15) is 104 Å². The third-order valence-corrected chi connectivity index (χ3v) is 4.37. The van der Waals surface area contributed by atoms with Crippen LogP contribution in [0.2, 0.25) is 0 Å². The van der Waals surface area contributed by atoms with Crippen LogP contribution in [0.3, 0.4) is 0 Å². The Balaban J connectivity index is 1.76. The Morgan fingerprint density at radius 2 is 0.895 bits per heavy atom. The second-order valence-electron chi connectivity index (χ2n) is 6.33. The van der Waals surface area contributed by atoms with E-state index < -0.39 is 0 Å². The van der Waals surface area contributed by atoms with Gasteiger partial charge in [-0.05, 0) is 12.8 Å². The molecule has 0 amide bonds. The first kappa shape index (κ1) is 17.0. The lowest BCUT2D eigenvalue weighted by molar-refractivity contribution is 0.347. The quantitative estimate of drug-likeness (QED) is 0.268. The van der Waals surface area contributed by atoms with Crippen LogP contribution in [0.5, 0.6) is 0 Å². The molecule has 2 atom stereocenters. The van der Waals surface area contributed by atoms with Crippen molar-refractivity contribution in [2.45, 2.75) is 116 Å². The van der Waals surface area contributed by atoms with Crippen LogP contribution in [0.4, 0.5) is 0 Å². The molecule has 0 radical (unpaired) electrons. The maximum Gasteiger partial charge on any atom is 0.0841 e. The summed E-state index contributed by atoms with van der Waals surface area (Å²) < 4.78 is 5.77. The third-order valence-electron chi connectivity index (χ3n) is 4.37. The van der Waals surface area contributed by atoms with Crippen molar-refractivity contribution >= 4 is 0 Å². The lowest BCUT2D eigenvalue weighted by atomic mass is 10.0. The first-order chi connectivity index (χ1) is 9.38. The summed E-state index contributed by atoms with van der Waals surface area (Å²) in [6.07, 6.45) is 20.8. The zero-order chi connectivity index (χ0) is 13.8. The number of epoxide rings is 1. The molecule has 19 heavy (non-hydrogen) atoms. The van der Waals surface area contributed by atoms with Crippen LogP contribution in [0.15, 0.2) is 0 Å². The molecule has 1 saturated heterocycles. The van der Waals surface area contributed by atoms with E-state index in [0.29, 0.717) is 12.2 Å². The molecule has 2 unspecified atom stereocenters. The first-order valence-corrected chi connectivity index (χ1v) is 9.04. The summed E-state index contributed by atoms with van der Waals surface area (Å²) in [4.78, 5) is 0. The van der Waals surface area contributed by atoms with Gasteiger partial charge in [0.2, 0.25) is 0 Å². The van der Waals surface area contributed by atoms with E-state index in [-0.39, 0.29) is 0 Å². The molecule has 0 aromatic rings. The topological polar surface area (TPSA) is 12.5 Å². The minimum absolute atomic E-state index is 0.641. The molecule has 0 bridgehead atoms. The molecule has 1 fully saturated rings. The van der Waals surface area contributed by atoms with E-state index in [9.17, 15) is 0 Å². The fraction of sp³-hybridized carbons (Fsp3) is 1.00. The molecule has 114 valence electrons. The van der Waals surface area contributed by atoms with E-state index in [0.717, 1.165) is 0 Å². The second kappa shape index (κ2) is 11.8. The van der Waals surface area contributed by atoms with Gasteiger partial charge in [0.1, 0.15) is 0 Å². The van der Waals surface area contributed by atoms with Crippen molar-refractivity contribution in [1.29, 1.82) is 0 Å². The van der Waals surface area contributed by atoms with E-state index in [1.165, 1.54) is 89.9 Å². The van der Waals surface area contributed by atoms with Crippen LogP contribution in [-0.2, 0) is 4.74 Å². The van der Waals surface area contributed by atoms with Gasteiger partial charge in [0.25, 0.3) is 0 Å². The predicted octanol–water partition coefficient (Wildman–Crippen LogP) is 6.26. The number of rotatable bonds is 14. The molecule has 1 aliphatic heterocycles. The highest BCUT2D eigenvalue weighted by atomic mass is 16.6. The molecular formula is C18H36O. The highest BCUT2D eigenvalue weighted by Crippen LogP contribution is 2.31. The van der Waals surface area contributed by atoms with Crippen molar-refractivity contribution < 1.29 is 4.74 Å². The van der Waals surface area contributed by atoms with Gasteiger partial charge in [-0.2, -0.15) is 0 Å². The largest absolute Gasteiger partial charge is 0.370 e. The zero-order valence-corrected chi connectivity index (χ0v) is 13.5. The zero-order valence-electron chi connectivity index (χ0n) is 13.5. The average molecular weight is 268 g/mol. The summed E-state index contributed by atoms with van der Waals surface area (Å²) in [5.41, 5.74) is 0. The smallest absolute Gasteiger partial charge is 0.0841 e. The molecule has 1 heteroatoms. The van der Waals surface area contributed by atoms with Crippen molar-refractivity contribution in [3.8, 4) is 0 Å². The molecule has 1 aliphatic rings. The Kier molecular flexibility index (Phi) is 10.5. The van der Waals surface area contributed by atoms with E-state index in [1.807, 2.05) is 0 Å². The fourth-order valence-electron chi connectivity index (χ4n) is 2.94. The Hall–Kier alpha value is -0.0400. The molecular weight excluding hydrogens is 232 g/mol. The Bertz CT molecular complexity index is 170. The first-order valence-electron chi connectivity index (χ1n) is 9.04. The Morgan fingerprint density at radius 3 is 1.32 bits per heavy atom. The molecule has 0 N–H and O–H groups in total. The molecule has 0 aliphatic carbocycles. The number of unbranched alkanes of at least 4 members (excludes halogenated alkanes) is 10. The maximum atomic E-state index is 5.77. The third kappa shape index (κ3) is 9.49. The van der Waals surface area contributed by atoms with Gasteiger partial charge < -0.3 is 4.74 Å².